The van der Waals surface area contributed by atoms with Crippen molar-refractivity contribution in [3.8, 4) is 11.8 Å². The number of aromatic nitrogens is 2. The normalized spacial score (nSPS) is 10.3. The van der Waals surface area contributed by atoms with E-state index in [0.29, 0.717) is 11.4 Å². The van der Waals surface area contributed by atoms with Gasteiger partial charge in [0.1, 0.15) is 11.6 Å². The molecule has 0 radical (unpaired) electrons. The number of ether oxygens (including phenoxy) is 1. The molecular weight excluding hydrogens is 284 g/mol. The van der Waals surface area contributed by atoms with E-state index >= 15 is 0 Å². The summed E-state index contributed by atoms with van der Waals surface area (Å²) < 4.78 is 6.24. The molecule has 0 fully saturated rings. The maximum absolute atomic E-state index is 8.99. The lowest BCUT2D eigenvalue weighted by atomic mass is 10.2. The van der Waals surface area contributed by atoms with Crippen molar-refractivity contribution in [3.63, 3.8) is 0 Å². The fraction of sp³-hybridized carbons (Fsp3) is 0.133. The maximum atomic E-state index is 8.99. The molecule has 1 N–H and O–H groups in total. The molecular formula is C15H12N4OS. The number of hydrogen-bond acceptors (Lipinski definition) is 6. The number of nitrogens with zero attached hydrogens (tertiary/aromatic N) is 3. The summed E-state index contributed by atoms with van der Waals surface area (Å²) in [6, 6.07) is 11.3. The third kappa shape index (κ3) is 2.78. The number of hydrogen-bond donors (Lipinski definition) is 1. The highest BCUT2D eigenvalue weighted by Crippen LogP contribution is 2.30. The zero-order chi connectivity index (χ0) is 14.8. The zero-order valence-electron chi connectivity index (χ0n) is 11.5. The van der Waals surface area contributed by atoms with Crippen LogP contribution < -0.4 is 10.1 Å². The highest BCUT2D eigenvalue weighted by atomic mass is 32.1. The molecule has 1 aromatic carbocycles. The Morgan fingerprint density at radius 1 is 1.24 bits per heavy atom. The third-order valence-corrected chi connectivity index (χ3v) is 3.85. The molecule has 2 aromatic heterocycles. The van der Waals surface area contributed by atoms with Crippen LogP contribution in [0.5, 0.6) is 5.75 Å². The van der Waals surface area contributed by atoms with Crippen LogP contribution in [0, 0.1) is 18.3 Å². The molecule has 3 aromatic rings. The van der Waals surface area contributed by atoms with Gasteiger partial charge in [-0.15, -0.1) is 0 Å². The number of thiazole rings is 1. The second-order valence-corrected chi connectivity index (χ2v) is 5.50. The number of aryl methyl sites for hydroxylation is 1. The summed E-state index contributed by atoms with van der Waals surface area (Å²) in [5.74, 6) is 1.43. The Bertz CT molecular complexity index is 850. The fourth-order valence-electron chi connectivity index (χ4n) is 1.99. The van der Waals surface area contributed by atoms with Gasteiger partial charge in [-0.1, -0.05) is 11.3 Å². The van der Waals surface area contributed by atoms with Crippen LogP contribution >= 0.6 is 11.3 Å². The van der Waals surface area contributed by atoms with E-state index in [9.17, 15) is 0 Å². The first-order chi connectivity index (χ1) is 10.2. The molecule has 0 aliphatic rings. The standard InChI is InChI=1S/C15H12N4OS/c1-9-5-10(8-16)6-14(17-9)19-15-18-12-4-3-11(20-2)7-13(12)21-15/h3-7H,1-2H3,(H,17,18,19). The molecule has 0 amide bonds. The molecule has 0 unspecified atom stereocenters. The van der Waals surface area contributed by atoms with E-state index in [1.54, 1.807) is 19.2 Å². The second kappa shape index (κ2) is 5.38. The van der Waals surface area contributed by atoms with Crippen LogP contribution in [0.4, 0.5) is 10.9 Å². The van der Waals surface area contributed by atoms with Gasteiger partial charge in [0.25, 0.3) is 0 Å². The van der Waals surface area contributed by atoms with Gasteiger partial charge in [-0.3, -0.25) is 0 Å². The summed E-state index contributed by atoms with van der Waals surface area (Å²) in [7, 11) is 1.64. The molecule has 6 heteroatoms. The quantitative estimate of drug-likeness (QED) is 0.799. The van der Waals surface area contributed by atoms with Crippen molar-refractivity contribution in [2.24, 2.45) is 0 Å². The zero-order valence-corrected chi connectivity index (χ0v) is 12.4. The largest absolute Gasteiger partial charge is 0.497 e. The Morgan fingerprint density at radius 2 is 2.10 bits per heavy atom. The lowest BCUT2D eigenvalue weighted by Crippen LogP contribution is -1.95. The van der Waals surface area contributed by atoms with Crippen LogP contribution in [0.3, 0.4) is 0 Å². The Hall–Kier alpha value is -2.65. The first kappa shape index (κ1) is 13.3. The molecule has 5 nitrogen and oxygen atoms in total. The summed E-state index contributed by atoms with van der Waals surface area (Å²) in [4.78, 5) is 8.86. The minimum atomic E-state index is 0.577. The van der Waals surface area contributed by atoms with E-state index in [-0.39, 0.29) is 0 Å². The van der Waals surface area contributed by atoms with Crippen molar-refractivity contribution in [1.29, 1.82) is 5.26 Å². The molecule has 2 heterocycles. The van der Waals surface area contributed by atoms with Gasteiger partial charge in [-0.25, -0.2) is 9.97 Å². The topological polar surface area (TPSA) is 70.8 Å². The first-order valence-electron chi connectivity index (χ1n) is 6.28. The van der Waals surface area contributed by atoms with Crippen LogP contribution in [-0.4, -0.2) is 17.1 Å². The van der Waals surface area contributed by atoms with Crippen molar-refractivity contribution < 1.29 is 4.74 Å². The molecule has 0 aliphatic heterocycles. The molecule has 0 bridgehead atoms. The number of pyridine rings is 1. The van der Waals surface area contributed by atoms with Crippen molar-refractivity contribution in [3.05, 3.63) is 41.6 Å². The highest BCUT2D eigenvalue weighted by molar-refractivity contribution is 7.22. The first-order valence-corrected chi connectivity index (χ1v) is 7.10. The number of fused-ring (bicyclic) bond motifs is 1. The molecule has 0 saturated heterocycles. The second-order valence-electron chi connectivity index (χ2n) is 4.47. The monoisotopic (exact) mass is 296 g/mol. The number of nitrogens with one attached hydrogen (secondary N) is 1. The predicted octanol–water partition coefficient (Wildman–Crippen LogP) is 3.62. The van der Waals surface area contributed by atoms with Crippen LogP contribution in [0.1, 0.15) is 11.3 Å². The Kier molecular flexibility index (Phi) is 3.42. The van der Waals surface area contributed by atoms with Crippen molar-refractivity contribution >= 4 is 32.5 Å². The van der Waals surface area contributed by atoms with Gasteiger partial charge in [-0.05, 0) is 37.3 Å². The maximum Gasteiger partial charge on any atom is 0.189 e. The minimum Gasteiger partial charge on any atom is -0.497 e. The third-order valence-electron chi connectivity index (χ3n) is 2.91. The van der Waals surface area contributed by atoms with Crippen molar-refractivity contribution in [1.82, 2.24) is 9.97 Å². The summed E-state index contributed by atoms with van der Waals surface area (Å²) in [6.45, 7) is 1.86. The number of benzene rings is 1. The van der Waals surface area contributed by atoms with E-state index in [1.165, 1.54) is 11.3 Å². The van der Waals surface area contributed by atoms with E-state index < -0.39 is 0 Å². The summed E-state index contributed by atoms with van der Waals surface area (Å²) in [6.07, 6.45) is 0. The van der Waals surface area contributed by atoms with E-state index in [0.717, 1.165) is 26.8 Å². The van der Waals surface area contributed by atoms with Gasteiger partial charge in [0.2, 0.25) is 0 Å². The van der Waals surface area contributed by atoms with Gasteiger partial charge in [0.15, 0.2) is 5.13 Å². The van der Waals surface area contributed by atoms with Gasteiger partial charge in [-0.2, -0.15) is 5.26 Å². The lowest BCUT2D eigenvalue weighted by Gasteiger charge is -2.03. The molecule has 0 saturated carbocycles. The molecule has 0 atom stereocenters. The Balaban J connectivity index is 1.94. The molecule has 21 heavy (non-hydrogen) atoms. The van der Waals surface area contributed by atoms with Crippen LogP contribution in [-0.2, 0) is 0 Å². The summed E-state index contributed by atoms with van der Waals surface area (Å²) in [5, 5.41) is 12.9. The summed E-state index contributed by atoms with van der Waals surface area (Å²) >= 11 is 1.52. The highest BCUT2D eigenvalue weighted by Gasteiger charge is 2.07. The van der Waals surface area contributed by atoms with E-state index in [1.807, 2.05) is 25.1 Å². The van der Waals surface area contributed by atoms with Gasteiger partial charge in [0.05, 0.1) is 29.0 Å². The fourth-order valence-corrected chi connectivity index (χ4v) is 2.89. The SMILES string of the molecule is COc1ccc2nc(Nc3cc(C#N)cc(C)n3)sc2c1. The van der Waals surface area contributed by atoms with Crippen LogP contribution in [0.2, 0.25) is 0 Å². The van der Waals surface area contributed by atoms with E-state index in [2.05, 4.69) is 21.4 Å². The lowest BCUT2D eigenvalue weighted by molar-refractivity contribution is 0.415. The van der Waals surface area contributed by atoms with Crippen molar-refractivity contribution in [2.75, 3.05) is 12.4 Å². The van der Waals surface area contributed by atoms with E-state index in [4.69, 9.17) is 10.00 Å². The number of nitriles is 1. The van der Waals surface area contributed by atoms with Gasteiger partial charge >= 0.3 is 0 Å². The van der Waals surface area contributed by atoms with Gasteiger partial charge in [0, 0.05) is 5.69 Å². The number of anilines is 2. The average Bonchev–Trinajstić information content (AvgIpc) is 2.87. The molecule has 0 spiro atoms. The smallest absolute Gasteiger partial charge is 0.189 e. The Labute approximate surface area is 125 Å². The average molecular weight is 296 g/mol. The van der Waals surface area contributed by atoms with Gasteiger partial charge < -0.3 is 10.1 Å². The predicted molar refractivity (Wildman–Crippen MR) is 83.1 cm³/mol. The number of rotatable bonds is 3. The molecule has 104 valence electrons. The molecule has 0 aliphatic carbocycles. The van der Waals surface area contributed by atoms with Crippen LogP contribution in [0.15, 0.2) is 30.3 Å². The van der Waals surface area contributed by atoms with Crippen LogP contribution in [0.25, 0.3) is 10.2 Å². The number of methoxy groups -OCH3 is 1. The minimum absolute atomic E-state index is 0.577. The summed E-state index contributed by atoms with van der Waals surface area (Å²) in [5.41, 5.74) is 2.27. The Morgan fingerprint density at radius 3 is 2.86 bits per heavy atom. The molecule has 3 rings (SSSR count). The van der Waals surface area contributed by atoms with Crippen molar-refractivity contribution in [2.45, 2.75) is 6.92 Å².